The Bertz CT molecular complexity index is 153. The van der Waals surface area contributed by atoms with Gasteiger partial charge in [-0.15, -0.1) is 0 Å². The van der Waals surface area contributed by atoms with Crippen molar-refractivity contribution < 1.29 is 9.84 Å². The molecule has 3 heteroatoms. The number of hydrogen-bond donors (Lipinski definition) is 2. The molecule has 1 saturated heterocycles. The molecule has 1 aliphatic rings. The third-order valence-electron chi connectivity index (χ3n) is 2.96. The Morgan fingerprint density at radius 2 is 2.36 bits per heavy atom. The van der Waals surface area contributed by atoms with Crippen molar-refractivity contribution in [2.75, 3.05) is 26.3 Å². The van der Waals surface area contributed by atoms with E-state index >= 15 is 0 Å². The first-order valence-corrected chi connectivity index (χ1v) is 5.65. The van der Waals surface area contributed by atoms with Gasteiger partial charge in [-0.3, -0.25) is 0 Å². The molecule has 2 atom stereocenters. The molecule has 14 heavy (non-hydrogen) atoms. The predicted molar refractivity (Wildman–Crippen MR) is 57.3 cm³/mol. The van der Waals surface area contributed by atoms with Gasteiger partial charge in [0.1, 0.15) is 0 Å². The Labute approximate surface area is 86.8 Å². The maximum atomic E-state index is 9.76. The quantitative estimate of drug-likeness (QED) is 0.701. The summed E-state index contributed by atoms with van der Waals surface area (Å²) < 4.78 is 5.39. The Hall–Kier alpha value is -0.120. The van der Waals surface area contributed by atoms with E-state index in [1.165, 1.54) is 12.8 Å². The van der Waals surface area contributed by atoms with Crippen LogP contribution >= 0.6 is 0 Å². The Morgan fingerprint density at radius 1 is 1.57 bits per heavy atom. The van der Waals surface area contributed by atoms with E-state index in [-0.39, 0.29) is 0 Å². The molecule has 0 radical (unpaired) electrons. The minimum absolute atomic E-state index is 0.560. The van der Waals surface area contributed by atoms with Crippen LogP contribution in [0, 0.1) is 5.92 Å². The molecular weight excluding hydrogens is 178 g/mol. The van der Waals surface area contributed by atoms with Crippen LogP contribution in [-0.2, 0) is 4.74 Å². The fourth-order valence-electron chi connectivity index (χ4n) is 1.64. The first-order chi connectivity index (χ1) is 6.64. The highest BCUT2D eigenvalue weighted by atomic mass is 16.5. The van der Waals surface area contributed by atoms with Crippen LogP contribution in [0.3, 0.4) is 0 Å². The summed E-state index contributed by atoms with van der Waals surface area (Å²) >= 11 is 0. The molecule has 1 rings (SSSR count). The molecule has 0 amide bonds. The molecule has 0 saturated carbocycles. The maximum absolute atomic E-state index is 9.76. The summed E-state index contributed by atoms with van der Waals surface area (Å²) in [5.74, 6) is 0.636. The third kappa shape index (κ3) is 4.40. The van der Waals surface area contributed by atoms with Gasteiger partial charge in [-0.05, 0) is 32.1 Å². The van der Waals surface area contributed by atoms with Crippen LogP contribution in [0.2, 0.25) is 0 Å². The van der Waals surface area contributed by atoms with E-state index in [4.69, 9.17) is 4.74 Å². The van der Waals surface area contributed by atoms with Crippen LogP contribution in [0.4, 0.5) is 0 Å². The van der Waals surface area contributed by atoms with Crippen molar-refractivity contribution in [1.82, 2.24) is 5.32 Å². The van der Waals surface area contributed by atoms with E-state index in [2.05, 4.69) is 5.32 Å². The van der Waals surface area contributed by atoms with Crippen molar-refractivity contribution in [1.29, 1.82) is 0 Å². The summed E-state index contributed by atoms with van der Waals surface area (Å²) in [6, 6.07) is 0. The van der Waals surface area contributed by atoms with E-state index in [9.17, 15) is 5.11 Å². The maximum Gasteiger partial charge on any atom is 0.0740 e. The van der Waals surface area contributed by atoms with Gasteiger partial charge in [-0.25, -0.2) is 0 Å². The first kappa shape index (κ1) is 12.0. The smallest absolute Gasteiger partial charge is 0.0740 e. The van der Waals surface area contributed by atoms with Gasteiger partial charge in [-0.1, -0.05) is 6.92 Å². The molecular formula is C11H23NO2. The molecule has 1 aliphatic heterocycles. The predicted octanol–water partition coefficient (Wildman–Crippen LogP) is 1.16. The van der Waals surface area contributed by atoms with Crippen LogP contribution in [0.25, 0.3) is 0 Å². The van der Waals surface area contributed by atoms with Gasteiger partial charge >= 0.3 is 0 Å². The van der Waals surface area contributed by atoms with Crippen molar-refractivity contribution in [3.8, 4) is 0 Å². The number of hydrogen-bond acceptors (Lipinski definition) is 3. The second kappa shape index (κ2) is 5.69. The lowest BCUT2D eigenvalue weighted by molar-refractivity contribution is 0.0392. The first-order valence-electron chi connectivity index (χ1n) is 5.65. The summed E-state index contributed by atoms with van der Waals surface area (Å²) in [4.78, 5) is 0. The number of ether oxygens (including phenoxy) is 1. The van der Waals surface area contributed by atoms with E-state index in [1.54, 1.807) is 0 Å². The Morgan fingerprint density at radius 3 is 2.93 bits per heavy atom. The van der Waals surface area contributed by atoms with E-state index in [0.29, 0.717) is 12.5 Å². The van der Waals surface area contributed by atoms with E-state index < -0.39 is 5.60 Å². The topological polar surface area (TPSA) is 41.5 Å². The molecule has 2 N–H and O–H groups in total. The van der Waals surface area contributed by atoms with Gasteiger partial charge in [0.05, 0.1) is 12.2 Å². The summed E-state index contributed by atoms with van der Waals surface area (Å²) in [5, 5.41) is 13.1. The molecule has 0 aromatic carbocycles. The van der Waals surface area contributed by atoms with Gasteiger partial charge in [-0.2, -0.15) is 0 Å². The molecule has 2 unspecified atom stereocenters. The monoisotopic (exact) mass is 201 g/mol. The normalized spacial score (nSPS) is 27.2. The minimum Gasteiger partial charge on any atom is -0.389 e. The molecule has 0 aromatic heterocycles. The lowest BCUT2D eigenvalue weighted by Gasteiger charge is -2.26. The molecule has 1 heterocycles. The second-order valence-electron chi connectivity index (χ2n) is 4.56. The summed E-state index contributed by atoms with van der Waals surface area (Å²) in [5.41, 5.74) is -0.560. The van der Waals surface area contributed by atoms with E-state index in [1.807, 2.05) is 13.8 Å². The molecule has 0 aliphatic carbocycles. The highest BCUT2D eigenvalue weighted by Crippen LogP contribution is 2.13. The minimum atomic E-state index is -0.560. The highest BCUT2D eigenvalue weighted by Gasteiger charge is 2.18. The zero-order valence-corrected chi connectivity index (χ0v) is 9.38. The van der Waals surface area contributed by atoms with Gasteiger partial charge < -0.3 is 15.2 Å². The molecule has 84 valence electrons. The van der Waals surface area contributed by atoms with Gasteiger partial charge in [0.2, 0.25) is 0 Å². The fraction of sp³-hybridized carbons (Fsp3) is 1.00. The lowest BCUT2D eigenvalue weighted by atomic mass is 10.0. The molecule has 1 fully saturated rings. The van der Waals surface area contributed by atoms with E-state index in [0.717, 1.165) is 26.2 Å². The van der Waals surface area contributed by atoms with Gasteiger partial charge in [0.25, 0.3) is 0 Å². The van der Waals surface area contributed by atoms with Crippen molar-refractivity contribution in [2.24, 2.45) is 5.92 Å². The van der Waals surface area contributed by atoms with Crippen molar-refractivity contribution in [3.63, 3.8) is 0 Å². The van der Waals surface area contributed by atoms with Crippen molar-refractivity contribution in [2.45, 2.75) is 38.7 Å². The largest absolute Gasteiger partial charge is 0.389 e. The highest BCUT2D eigenvalue weighted by molar-refractivity contribution is 4.75. The van der Waals surface area contributed by atoms with Crippen LogP contribution in [-0.4, -0.2) is 37.0 Å². The van der Waals surface area contributed by atoms with Crippen LogP contribution in [0.1, 0.15) is 33.1 Å². The molecule has 3 nitrogen and oxygen atoms in total. The Kier molecular flexibility index (Phi) is 4.85. The average molecular weight is 201 g/mol. The SMILES string of the molecule is CCC(C)(O)CNCC1CCCOC1. The molecule has 0 spiro atoms. The summed E-state index contributed by atoms with van der Waals surface area (Å²) in [6.07, 6.45) is 3.22. The van der Waals surface area contributed by atoms with Crippen LogP contribution in [0.15, 0.2) is 0 Å². The standard InChI is InChI=1S/C11H23NO2/c1-3-11(2,13)9-12-7-10-5-4-6-14-8-10/h10,12-13H,3-9H2,1-2H3. The third-order valence-corrected chi connectivity index (χ3v) is 2.96. The Balaban J connectivity index is 2.08. The number of rotatable bonds is 5. The molecule has 0 bridgehead atoms. The zero-order chi connectivity index (χ0) is 10.4. The lowest BCUT2D eigenvalue weighted by Crippen LogP contribution is -2.40. The average Bonchev–Trinajstić information content (AvgIpc) is 2.19. The van der Waals surface area contributed by atoms with Crippen LogP contribution < -0.4 is 5.32 Å². The summed E-state index contributed by atoms with van der Waals surface area (Å²) in [6.45, 7) is 7.32. The van der Waals surface area contributed by atoms with Gasteiger partial charge in [0.15, 0.2) is 0 Å². The van der Waals surface area contributed by atoms with Crippen LogP contribution in [0.5, 0.6) is 0 Å². The fourth-order valence-corrected chi connectivity index (χ4v) is 1.64. The second-order valence-corrected chi connectivity index (χ2v) is 4.56. The molecule has 0 aromatic rings. The van der Waals surface area contributed by atoms with Crippen molar-refractivity contribution >= 4 is 0 Å². The zero-order valence-electron chi connectivity index (χ0n) is 9.38. The summed E-state index contributed by atoms with van der Waals surface area (Å²) in [7, 11) is 0. The van der Waals surface area contributed by atoms with Gasteiger partial charge in [0, 0.05) is 19.7 Å². The number of nitrogens with one attached hydrogen (secondary N) is 1. The number of aliphatic hydroxyl groups is 1. The van der Waals surface area contributed by atoms with Crippen molar-refractivity contribution in [3.05, 3.63) is 0 Å².